The van der Waals surface area contributed by atoms with Crippen molar-refractivity contribution in [1.29, 1.82) is 0 Å². The molecule has 2 saturated heterocycles. The Labute approximate surface area is 312 Å². The number of ether oxygens (including phenoxy) is 5. The van der Waals surface area contributed by atoms with E-state index in [4.69, 9.17) is 23.7 Å². The number of ketones is 1. The van der Waals surface area contributed by atoms with Crippen LogP contribution in [0.2, 0.25) is 0 Å². The molecule has 0 spiro atoms. The minimum Gasteiger partial charge on any atom is -0.455 e. The number of nitrogens with one attached hydrogen (secondary N) is 1. The van der Waals surface area contributed by atoms with E-state index in [1.165, 1.54) is 24.3 Å². The van der Waals surface area contributed by atoms with Crippen molar-refractivity contribution >= 4 is 23.5 Å². The number of aliphatic hydroxyl groups is 1. The summed E-state index contributed by atoms with van der Waals surface area (Å²) in [6.45, 7) is 14.4. The fourth-order valence-corrected chi connectivity index (χ4v) is 8.35. The van der Waals surface area contributed by atoms with Gasteiger partial charge in [-0.2, -0.15) is 0 Å². The molecule has 3 aliphatic rings. The Kier molecular flexibility index (Phi) is 13.5. The topological polar surface area (TPSA) is 179 Å². The van der Waals surface area contributed by atoms with Gasteiger partial charge < -0.3 is 33.7 Å². The third kappa shape index (κ3) is 8.92. The average Bonchev–Trinajstić information content (AvgIpc) is 3.37. The van der Waals surface area contributed by atoms with Crippen molar-refractivity contribution in [2.45, 2.75) is 135 Å². The second kappa shape index (κ2) is 16.9. The SMILES string of the molecule is CC[C@H]1OC(=O)/C(C)=C/[C@H](C)[C@@H](O[C@@H]2O[C@H](C)C[C@H](N(C)C)[C@H]2O)[C@](C)(OC)C[C@@H](C)C(=O)[C@H](C)[C@H]2N(NCc3ccc([N+](=O)[O-])cc3)C(=O)O[C@]12C. The summed E-state index contributed by atoms with van der Waals surface area (Å²) in [5.41, 5.74) is 1.39. The molecule has 296 valence electrons. The number of benzene rings is 1. The molecule has 1 aromatic carbocycles. The molecule has 0 bridgehead atoms. The van der Waals surface area contributed by atoms with Crippen LogP contribution in [0.25, 0.3) is 0 Å². The van der Waals surface area contributed by atoms with Crippen LogP contribution in [0.3, 0.4) is 0 Å². The second-order valence-corrected chi connectivity index (χ2v) is 15.6. The van der Waals surface area contributed by atoms with Crippen LogP contribution in [0.1, 0.15) is 80.2 Å². The number of aliphatic hydroxyl groups excluding tert-OH is 1. The predicted molar refractivity (Wildman–Crippen MR) is 194 cm³/mol. The van der Waals surface area contributed by atoms with Gasteiger partial charge >= 0.3 is 12.1 Å². The molecule has 3 aliphatic heterocycles. The third-order valence-electron chi connectivity index (χ3n) is 11.3. The van der Waals surface area contributed by atoms with Crippen molar-refractivity contribution in [3.05, 3.63) is 51.6 Å². The van der Waals surface area contributed by atoms with E-state index in [-0.39, 0.29) is 43.0 Å². The van der Waals surface area contributed by atoms with Gasteiger partial charge in [-0.15, -0.1) is 0 Å². The first kappa shape index (κ1) is 42.3. The summed E-state index contributed by atoms with van der Waals surface area (Å²) in [4.78, 5) is 54.6. The number of rotatable bonds is 9. The Hall–Kier alpha value is -3.47. The highest BCUT2D eigenvalue weighted by Crippen LogP contribution is 2.42. The quantitative estimate of drug-likeness (QED) is 0.205. The monoisotopic (exact) mass is 746 g/mol. The molecule has 0 radical (unpaired) electrons. The van der Waals surface area contributed by atoms with Crippen LogP contribution < -0.4 is 5.43 Å². The van der Waals surface area contributed by atoms with Gasteiger partial charge in [0.15, 0.2) is 11.9 Å². The maximum absolute atomic E-state index is 14.6. The molecule has 1 amide bonds. The molecule has 0 aliphatic carbocycles. The van der Waals surface area contributed by atoms with Gasteiger partial charge in [-0.1, -0.05) is 45.9 Å². The minimum atomic E-state index is -1.45. The van der Waals surface area contributed by atoms with Gasteiger partial charge in [0.25, 0.3) is 5.69 Å². The minimum absolute atomic E-state index is 0.0713. The normalized spacial score (nSPS) is 38.4. The number of nitro groups is 1. The zero-order valence-electron chi connectivity index (χ0n) is 32.9. The van der Waals surface area contributed by atoms with Gasteiger partial charge in [0.2, 0.25) is 0 Å². The first-order valence-corrected chi connectivity index (χ1v) is 18.4. The van der Waals surface area contributed by atoms with Crippen molar-refractivity contribution in [3.63, 3.8) is 0 Å². The molecule has 15 nitrogen and oxygen atoms in total. The van der Waals surface area contributed by atoms with E-state index in [0.717, 1.165) is 0 Å². The number of carbonyl (C=O) groups is 3. The van der Waals surface area contributed by atoms with Crippen LogP contribution in [-0.4, -0.2) is 113 Å². The Balaban J connectivity index is 1.75. The maximum Gasteiger partial charge on any atom is 0.425 e. The lowest BCUT2D eigenvalue weighted by Crippen LogP contribution is -2.60. The summed E-state index contributed by atoms with van der Waals surface area (Å²) in [5.74, 6) is -2.74. The molecule has 2 fully saturated rings. The van der Waals surface area contributed by atoms with Gasteiger partial charge in [0, 0.05) is 55.2 Å². The summed E-state index contributed by atoms with van der Waals surface area (Å²) >= 11 is 0. The van der Waals surface area contributed by atoms with E-state index in [2.05, 4.69) is 5.43 Å². The number of nitro benzene ring substituents is 1. The summed E-state index contributed by atoms with van der Waals surface area (Å²) in [6.07, 6.45) is -1.87. The summed E-state index contributed by atoms with van der Waals surface area (Å²) in [5, 5.41) is 23.8. The Bertz CT molecular complexity index is 1520. The average molecular weight is 747 g/mol. The number of Topliss-reactive ketones (excluding diaryl/α,β-unsaturated/α-hetero) is 1. The number of nitrogens with zero attached hydrogens (tertiary/aromatic N) is 3. The van der Waals surface area contributed by atoms with Gasteiger partial charge in [-0.05, 0) is 66.6 Å². The molecule has 12 atom stereocenters. The number of fused-ring (bicyclic) bond motifs is 1. The van der Waals surface area contributed by atoms with E-state index >= 15 is 0 Å². The molecule has 3 heterocycles. The number of carbonyl (C=O) groups excluding carboxylic acids is 3. The molecule has 15 heteroatoms. The second-order valence-electron chi connectivity index (χ2n) is 15.6. The summed E-state index contributed by atoms with van der Waals surface area (Å²) in [7, 11) is 5.32. The van der Waals surface area contributed by atoms with Crippen molar-refractivity contribution in [2.75, 3.05) is 21.2 Å². The number of cyclic esters (lactones) is 1. The molecule has 0 aromatic heterocycles. The smallest absolute Gasteiger partial charge is 0.425 e. The largest absolute Gasteiger partial charge is 0.455 e. The third-order valence-corrected chi connectivity index (χ3v) is 11.3. The number of non-ortho nitro benzene ring substituents is 1. The molecular weight excluding hydrogens is 688 g/mol. The number of amides is 1. The van der Waals surface area contributed by atoms with Crippen LogP contribution in [0.4, 0.5) is 10.5 Å². The highest BCUT2D eigenvalue weighted by Gasteiger charge is 2.60. The molecular formula is C38H58N4O11. The molecule has 0 saturated carbocycles. The van der Waals surface area contributed by atoms with E-state index in [9.17, 15) is 29.6 Å². The summed E-state index contributed by atoms with van der Waals surface area (Å²) in [6, 6.07) is 4.73. The lowest BCUT2D eigenvalue weighted by molar-refractivity contribution is -0.384. The number of hydrogen-bond donors (Lipinski definition) is 2. The standard InChI is InChI=1S/C38H58N4O11/c1-12-29-38(8)32(41(36(46)53-38)39-20-26-13-15-27(16-14-26)42(47)48)25(6)30(43)23(4)19-37(7,49-11)33(21(2)17-22(3)34(45)51-29)52-35-31(44)28(40(9)10)18-24(5)50-35/h13-17,21,23-25,28-29,31-33,35,39,44H,12,18-20H2,1-11H3/b22-17+/t21-,23+,24+,25-,28-,29+,31+,32+,33+,35-,37+,38+/m0/s1. The lowest BCUT2D eigenvalue weighted by atomic mass is 9.74. The van der Waals surface area contributed by atoms with Crippen molar-refractivity contribution in [2.24, 2.45) is 17.8 Å². The van der Waals surface area contributed by atoms with Crippen LogP contribution in [0, 0.1) is 27.9 Å². The Morgan fingerprint density at radius 1 is 1.11 bits per heavy atom. The van der Waals surface area contributed by atoms with E-state index in [1.54, 1.807) is 39.0 Å². The zero-order chi connectivity index (χ0) is 39.6. The maximum atomic E-state index is 14.6. The van der Waals surface area contributed by atoms with Crippen LogP contribution in [-0.2, 0) is 39.8 Å². The fourth-order valence-electron chi connectivity index (χ4n) is 8.35. The highest BCUT2D eigenvalue weighted by molar-refractivity contribution is 5.88. The number of esters is 1. The van der Waals surface area contributed by atoms with Crippen molar-refractivity contribution < 1.29 is 48.1 Å². The number of likely N-dealkylation sites (N-methyl/N-ethyl adjacent to an activating group) is 1. The molecule has 1 aromatic rings. The van der Waals surface area contributed by atoms with Gasteiger partial charge in [0.1, 0.15) is 24.0 Å². The van der Waals surface area contributed by atoms with Gasteiger partial charge in [-0.25, -0.2) is 20.0 Å². The molecule has 2 N–H and O–H groups in total. The Morgan fingerprint density at radius 3 is 2.32 bits per heavy atom. The highest BCUT2D eigenvalue weighted by atomic mass is 16.7. The first-order chi connectivity index (χ1) is 24.8. The van der Waals surface area contributed by atoms with E-state index in [0.29, 0.717) is 17.6 Å². The zero-order valence-corrected chi connectivity index (χ0v) is 32.9. The summed E-state index contributed by atoms with van der Waals surface area (Å²) < 4.78 is 31.2. The van der Waals surface area contributed by atoms with Gasteiger partial charge in [-0.3, -0.25) is 14.9 Å². The molecule has 4 rings (SSSR count). The molecule has 0 unspecified atom stereocenters. The van der Waals surface area contributed by atoms with Crippen molar-refractivity contribution in [1.82, 2.24) is 15.3 Å². The van der Waals surface area contributed by atoms with E-state index < -0.39 is 76.6 Å². The van der Waals surface area contributed by atoms with Gasteiger partial charge in [0.05, 0.1) is 22.7 Å². The number of hydrazine groups is 1. The van der Waals surface area contributed by atoms with Crippen molar-refractivity contribution in [3.8, 4) is 0 Å². The van der Waals surface area contributed by atoms with E-state index in [1.807, 2.05) is 53.6 Å². The predicted octanol–water partition coefficient (Wildman–Crippen LogP) is 4.54. The lowest BCUT2D eigenvalue weighted by Gasteiger charge is -2.46. The fraction of sp³-hybridized carbons (Fsp3) is 0.711. The Morgan fingerprint density at radius 2 is 1.75 bits per heavy atom. The first-order valence-electron chi connectivity index (χ1n) is 18.4. The van der Waals surface area contributed by atoms with Crippen LogP contribution in [0.15, 0.2) is 35.9 Å². The van der Waals surface area contributed by atoms with Crippen LogP contribution >= 0.6 is 0 Å². The number of methoxy groups -OCH3 is 1. The number of hydrogen-bond acceptors (Lipinski definition) is 13. The molecule has 53 heavy (non-hydrogen) atoms. The van der Waals surface area contributed by atoms with Crippen LogP contribution in [0.5, 0.6) is 0 Å².